The molecule has 150 valence electrons. The van der Waals surface area contributed by atoms with Crippen molar-refractivity contribution >= 4 is 5.91 Å². The molecule has 0 aromatic heterocycles. The Hall–Kier alpha value is -2.68. The van der Waals surface area contributed by atoms with Crippen LogP contribution >= 0.6 is 0 Å². The Balaban J connectivity index is 1.42. The summed E-state index contributed by atoms with van der Waals surface area (Å²) in [5, 5.41) is 8.95. The minimum atomic E-state index is -0.175. The molecule has 0 saturated carbocycles. The highest BCUT2D eigenvalue weighted by atomic mass is 16.2. The van der Waals surface area contributed by atoms with Crippen molar-refractivity contribution in [2.75, 3.05) is 39.3 Å². The smallest absolute Gasteiger partial charge is 0.244 e. The first-order valence-electron chi connectivity index (χ1n) is 10.5. The Morgan fingerprint density at radius 3 is 2.17 bits per heavy atom. The number of hydrogen-bond acceptors (Lipinski definition) is 4. The quantitative estimate of drug-likeness (QED) is 0.790. The lowest BCUT2D eigenvalue weighted by molar-refractivity contribution is -0.137. The highest BCUT2D eigenvalue weighted by Gasteiger charge is 2.34. The molecule has 0 N–H and O–H groups in total. The monoisotopic (exact) mass is 388 g/mol. The molecule has 2 fully saturated rings. The van der Waals surface area contributed by atoms with Crippen molar-refractivity contribution in [3.05, 3.63) is 71.3 Å². The standard InChI is InChI=1S/C24H28N4O/c25-18-20-8-10-21(11-9-20)19-26-14-16-27(17-15-26)23(22-6-2-1-3-7-22)24(29)28-12-4-5-13-28/h1-3,6-11,23H,4-5,12-17,19H2/t23-/m1/s1. The molecule has 0 spiro atoms. The van der Waals surface area contributed by atoms with E-state index in [1.807, 2.05) is 47.4 Å². The molecule has 0 unspecified atom stereocenters. The van der Waals surface area contributed by atoms with Gasteiger partial charge in [0.2, 0.25) is 5.91 Å². The van der Waals surface area contributed by atoms with Crippen molar-refractivity contribution in [3.8, 4) is 6.07 Å². The number of likely N-dealkylation sites (tertiary alicyclic amines) is 1. The molecule has 2 aliphatic rings. The molecule has 2 heterocycles. The van der Waals surface area contributed by atoms with Crippen molar-refractivity contribution in [1.82, 2.24) is 14.7 Å². The van der Waals surface area contributed by atoms with Crippen LogP contribution in [0.4, 0.5) is 0 Å². The Labute approximate surface area is 173 Å². The molecule has 29 heavy (non-hydrogen) atoms. The minimum absolute atomic E-state index is 0.175. The number of nitriles is 1. The van der Waals surface area contributed by atoms with E-state index >= 15 is 0 Å². The second-order valence-corrected chi connectivity index (χ2v) is 7.97. The van der Waals surface area contributed by atoms with Crippen LogP contribution in [0.25, 0.3) is 0 Å². The van der Waals surface area contributed by atoms with Crippen LogP contribution in [0.5, 0.6) is 0 Å². The van der Waals surface area contributed by atoms with E-state index in [0.29, 0.717) is 5.56 Å². The molecule has 5 heteroatoms. The average molecular weight is 389 g/mol. The molecule has 1 atom stereocenters. The van der Waals surface area contributed by atoms with Crippen molar-refractivity contribution < 1.29 is 4.79 Å². The van der Waals surface area contributed by atoms with Crippen molar-refractivity contribution in [2.24, 2.45) is 0 Å². The van der Waals surface area contributed by atoms with Crippen LogP contribution in [0.2, 0.25) is 0 Å². The van der Waals surface area contributed by atoms with Gasteiger partial charge < -0.3 is 4.90 Å². The molecule has 0 bridgehead atoms. The summed E-state index contributed by atoms with van der Waals surface area (Å²) >= 11 is 0. The molecular weight excluding hydrogens is 360 g/mol. The van der Waals surface area contributed by atoms with Gasteiger partial charge in [0.1, 0.15) is 6.04 Å². The second-order valence-electron chi connectivity index (χ2n) is 7.97. The molecular formula is C24H28N4O. The highest BCUT2D eigenvalue weighted by molar-refractivity contribution is 5.83. The number of carbonyl (C=O) groups excluding carboxylic acids is 1. The van der Waals surface area contributed by atoms with Crippen molar-refractivity contribution in [3.63, 3.8) is 0 Å². The Morgan fingerprint density at radius 2 is 1.55 bits per heavy atom. The van der Waals surface area contributed by atoms with Crippen LogP contribution < -0.4 is 0 Å². The summed E-state index contributed by atoms with van der Waals surface area (Å²) < 4.78 is 0. The molecule has 5 nitrogen and oxygen atoms in total. The fourth-order valence-corrected chi connectivity index (χ4v) is 4.38. The van der Waals surface area contributed by atoms with E-state index in [2.05, 4.69) is 28.0 Å². The van der Waals surface area contributed by atoms with Crippen LogP contribution in [0.15, 0.2) is 54.6 Å². The number of amides is 1. The Bertz CT molecular complexity index is 845. The molecule has 2 aromatic rings. The zero-order chi connectivity index (χ0) is 20.1. The summed E-state index contributed by atoms with van der Waals surface area (Å²) in [6.07, 6.45) is 2.23. The maximum atomic E-state index is 13.3. The fourth-order valence-electron chi connectivity index (χ4n) is 4.38. The molecule has 2 aromatic carbocycles. The van der Waals surface area contributed by atoms with Crippen LogP contribution in [-0.2, 0) is 11.3 Å². The lowest BCUT2D eigenvalue weighted by Gasteiger charge is -2.40. The lowest BCUT2D eigenvalue weighted by Crippen LogP contribution is -2.51. The molecule has 1 amide bonds. The van der Waals surface area contributed by atoms with E-state index in [4.69, 9.17) is 5.26 Å². The zero-order valence-corrected chi connectivity index (χ0v) is 16.8. The van der Waals surface area contributed by atoms with E-state index in [1.165, 1.54) is 5.56 Å². The molecule has 0 radical (unpaired) electrons. The number of nitrogens with zero attached hydrogens (tertiary/aromatic N) is 4. The summed E-state index contributed by atoms with van der Waals surface area (Å²) in [5.41, 5.74) is 3.03. The summed E-state index contributed by atoms with van der Waals surface area (Å²) in [4.78, 5) is 20.1. The first kappa shape index (κ1) is 19.6. The lowest BCUT2D eigenvalue weighted by atomic mass is 10.0. The summed E-state index contributed by atoms with van der Waals surface area (Å²) in [6.45, 7) is 6.31. The maximum absolute atomic E-state index is 13.3. The van der Waals surface area contributed by atoms with Crippen LogP contribution in [-0.4, -0.2) is 59.9 Å². The number of benzene rings is 2. The number of piperazine rings is 1. The third kappa shape index (κ3) is 4.67. The summed E-state index contributed by atoms with van der Waals surface area (Å²) in [7, 11) is 0. The normalized spacial score (nSPS) is 19.1. The van der Waals surface area contributed by atoms with Crippen molar-refractivity contribution in [2.45, 2.75) is 25.4 Å². The maximum Gasteiger partial charge on any atom is 0.244 e. The molecule has 2 aliphatic heterocycles. The zero-order valence-electron chi connectivity index (χ0n) is 16.8. The van der Waals surface area contributed by atoms with Crippen molar-refractivity contribution in [1.29, 1.82) is 5.26 Å². The SMILES string of the molecule is N#Cc1ccc(CN2CCN([C@@H](C(=O)N3CCCC3)c3ccccc3)CC2)cc1. The number of hydrogen-bond donors (Lipinski definition) is 0. The average Bonchev–Trinajstić information content (AvgIpc) is 3.31. The summed E-state index contributed by atoms with van der Waals surface area (Å²) in [5.74, 6) is 0.259. The van der Waals surface area contributed by atoms with E-state index in [-0.39, 0.29) is 11.9 Å². The predicted octanol–water partition coefficient (Wildman–Crippen LogP) is 3.04. The molecule has 4 rings (SSSR count). The van der Waals surface area contributed by atoms with E-state index < -0.39 is 0 Å². The third-order valence-electron chi connectivity index (χ3n) is 6.03. The van der Waals surface area contributed by atoms with E-state index in [9.17, 15) is 4.79 Å². The molecule has 2 saturated heterocycles. The number of carbonyl (C=O) groups is 1. The van der Waals surface area contributed by atoms with Gasteiger partial charge in [0.25, 0.3) is 0 Å². The van der Waals surface area contributed by atoms with Gasteiger partial charge in [-0.3, -0.25) is 14.6 Å². The van der Waals surface area contributed by atoms with Crippen LogP contribution in [0.1, 0.15) is 35.6 Å². The predicted molar refractivity (Wildman–Crippen MR) is 113 cm³/mol. The van der Waals surface area contributed by atoms with Gasteiger partial charge in [0.05, 0.1) is 11.6 Å². The number of rotatable bonds is 5. The fraction of sp³-hybridized carbons (Fsp3) is 0.417. The van der Waals surface area contributed by atoms with Gasteiger partial charge in [0, 0.05) is 45.8 Å². The molecule has 0 aliphatic carbocycles. The van der Waals surface area contributed by atoms with Gasteiger partial charge in [-0.05, 0) is 36.1 Å². The topological polar surface area (TPSA) is 50.6 Å². The van der Waals surface area contributed by atoms with E-state index in [1.54, 1.807) is 0 Å². The van der Waals surface area contributed by atoms with Gasteiger partial charge in [-0.2, -0.15) is 5.26 Å². The van der Waals surface area contributed by atoms with Crippen LogP contribution in [0, 0.1) is 11.3 Å². The van der Waals surface area contributed by atoms with Gasteiger partial charge >= 0.3 is 0 Å². The van der Waals surface area contributed by atoms with E-state index in [0.717, 1.165) is 64.2 Å². The minimum Gasteiger partial charge on any atom is -0.341 e. The van der Waals surface area contributed by atoms with Gasteiger partial charge in [-0.15, -0.1) is 0 Å². The second kappa shape index (κ2) is 9.21. The first-order valence-corrected chi connectivity index (χ1v) is 10.5. The first-order chi connectivity index (χ1) is 14.2. The van der Waals surface area contributed by atoms with Gasteiger partial charge in [-0.1, -0.05) is 42.5 Å². The van der Waals surface area contributed by atoms with Gasteiger partial charge in [0.15, 0.2) is 0 Å². The largest absolute Gasteiger partial charge is 0.341 e. The Morgan fingerprint density at radius 1 is 0.897 bits per heavy atom. The van der Waals surface area contributed by atoms with Crippen LogP contribution in [0.3, 0.4) is 0 Å². The third-order valence-corrected chi connectivity index (χ3v) is 6.03. The Kier molecular flexibility index (Phi) is 6.24. The van der Waals surface area contributed by atoms with Gasteiger partial charge in [-0.25, -0.2) is 0 Å². The highest BCUT2D eigenvalue weighted by Crippen LogP contribution is 2.26. The summed E-state index contributed by atoms with van der Waals surface area (Å²) in [6, 6.07) is 20.1.